The van der Waals surface area contributed by atoms with Crippen LogP contribution in [-0.4, -0.2) is 4.98 Å². The van der Waals surface area contributed by atoms with Crippen molar-refractivity contribution in [3.05, 3.63) is 41.5 Å². The van der Waals surface area contributed by atoms with Gasteiger partial charge in [-0.25, -0.2) is 0 Å². The van der Waals surface area contributed by atoms with Gasteiger partial charge < -0.3 is 0 Å². The summed E-state index contributed by atoms with van der Waals surface area (Å²) in [7, 11) is 0. The van der Waals surface area contributed by atoms with E-state index in [1.807, 2.05) is 12.3 Å². The lowest BCUT2D eigenvalue weighted by Gasteiger charge is -1.93. The second kappa shape index (κ2) is 3.71. The zero-order valence-electron chi connectivity index (χ0n) is 7.53. The Bertz CT molecular complexity index is 378. The Labute approximate surface area is 82.1 Å². The summed E-state index contributed by atoms with van der Waals surface area (Å²) in [5, 5.41) is 2.21. The number of hydrogen-bond acceptors (Lipinski definition) is 2. The van der Waals surface area contributed by atoms with E-state index in [4.69, 9.17) is 0 Å². The Morgan fingerprint density at radius 1 is 1.46 bits per heavy atom. The van der Waals surface area contributed by atoms with Crippen molar-refractivity contribution in [3.63, 3.8) is 0 Å². The van der Waals surface area contributed by atoms with E-state index in [2.05, 4.69) is 29.4 Å². The molecule has 2 aromatic rings. The normalized spacial score (nSPS) is 10.2. The van der Waals surface area contributed by atoms with E-state index in [1.54, 1.807) is 17.5 Å². The van der Waals surface area contributed by atoms with E-state index in [9.17, 15) is 0 Å². The monoisotopic (exact) mass is 189 g/mol. The van der Waals surface area contributed by atoms with Crippen LogP contribution in [0.1, 0.15) is 12.5 Å². The second-order valence-electron chi connectivity index (χ2n) is 2.91. The molecule has 0 spiro atoms. The van der Waals surface area contributed by atoms with Crippen LogP contribution >= 0.6 is 11.3 Å². The summed E-state index contributed by atoms with van der Waals surface area (Å²) in [6.45, 7) is 2.18. The smallest absolute Gasteiger partial charge is 0.0361 e. The van der Waals surface area contributed by atoms with E-state index in [0.717, 1.165) is 6.42 Å². The van der Waals surface area contributed by atoms with Gasteiger partial charge in [0.15, 0.2) is 0 Å². The van der Waals surface area contributed by atoms with E-state index in [0.29, 0.717) is 0 Å². The Morgan fingerprint density at radius 3 is 3.00 bits per heavy atom. The van der Waals surface area contributed by atoms with Crippen molar-refractivity contribution in [1.29, 1.82) is 0 Å². The number of hydrogen-bond donors (Lipinski definition) is 0. The molecule has 2 heteroatoms. The van der Waals surface area contributed by atoms with Crippen LogP contribution in [0.15, 0.2) is 36.0 Å². The van der Waals surface area contributed by atoms with Gasteiger partial charge >= 0.3 is 0 Å². The third kappa shape index (κ3) is 1.78. The van der Waals surface area contributed by atoms with Gasteiger partial charge in [0, 0.05) is 22.8 Å². The minimum atomic E-state index is 1.11. The van der Waals surface area contributed by atoms with Gasteiger partial charge in [0.2, 0.25) is 0 Å². The predicted octanol–water partition coefficient (Wildman–Crippen LogP) is 3.37. The molecule has 0 aliphatic carbocycles. The molecule has 0 bridgehead atoms. The average Bonchev–Trinajstić information content (AvgIpc) is 2.67. The summed E-state index contributed by atoms with van der Waals surface area (Å²) in [4.78, 5) is 5.41. The van der Waals surface area contributed by atoms with E-state index >= 15 is 0 Å². The summed E-state index contributed by atoms with van der Waals surface area (Å²) in [6.07, 6.45) is 4.82. The quantitative estimate of drug-likeness (QED) is 0.705. The Kier molecular flexibility index (Phi) is 2.41. The Balaban J connectivity index is 2.36. The van der Waals surface area contributed by atoms with E-state index < -0.39 is 0 Å². The first-order valence-electron chi connectivity index (χ1n) is 4.38. The summed E-state index contributed by atoms with van der Waals surface area (Å²) >= 11 is 1.79. The number of aromatic nitrogens is 1. The molecule has 0 aromatic carbocycles. The molecule has 2 aromatic heterocycles. The van der Waals surface area contributed by atoms with Crippen molar-refractivity contribution in [2.75, 3.05) is 0 Å². The van der Waals surface area contributed by atoms with Crippen molar-refractivity contribution in [1.82, 2.24) is 4.98 Å². The standard InChI is InChI=1S/C11H11NS/c1-2-9-6-11(13-8-9)10-4-3-5-12-7-10/h3-8H,2H2,1H3. The van der Waals surface area contributed by atoms with Crippen LogP contribution in [-0.2, 0) is 6.42 Å². The Morgan fingerprint density at radius 2 is 2.38 bits per heavy atom. The van der Waals surface area contributed by atoms with Gasteiger partial charge in [-0.1, -0.05) is 13.0 Å². The molecule has 0 N–H and O–H groups in total. The average molecular weight is 189 g/mol. The molecule has 2 heterocycles. The first-order chi connectivity index (χ1) is 6.40. The molecule has 0 radical (unpaired) electrons. The first kappa shape index (κ1) is 8.45. The van der Waals surface area contributed by atoms with Crippen molar-refractivity contribution in [3.8, 4) is 10.4 Å². The molecular formula is C11H11NS. The van der Waals surface area contributed by atoms with E-state index in [-0.39, 0.29) is 0 Å². The predicted molar refractivity (Wildman–Crippen MR) is 56.9 cm³/mol. The van der Waals surface area contributed by atoms with Crippen molar-refractivity contribution >= 4 is 11.3 Å². The Hall–Kier alpha value is -1.15. The van der Waals surface area contributed by atoms with Gasteiger partial charge in [-0.15, -0.1) is 11.3 Å². The third-order valence-electron chi connectivity index (χ3n) is 2.01. The highest BCUT2D eigenvalue weighted by molar-refractivity contribution is 7.13. The molecular weight excluding hydrogens is 178 g/mol. The largest absolute Gasteiger partial charge is 0.264 e. The van der Waals surface area contributed by atoms with Crippen LogP contribution in [0, 0.1) is 0 Å². The molecule has 13 heavy (non-hydrogen) atoms. The van der Waals surface area contributed by atoms with Gasteiger partial charge in [0.25, 0.3) is 0 Å². The number of aryl methyl sites for hydroxylation is 1. The van der Waals surface area contributed by atoms with Gasteiger partial charge in [-0.05, 0) is 29.5 Å². The minimum absolute atomic E-state index is 1.11. The van der Waals surface area contributed by atoms with Gasteiger partial charge in [-0.3, -0.25) is 4.98 Å². The topological polar surface area (TPSA) is 12.9 Å². The fourth-order valence-electron chi connectivity index (χ4n) is 1.22. The fraction of sp³-hybridized carbons (Fsp3) is 0.182. The molecule has 1 nitrogen and oxygen atoms in total. The van der Waals surface area contributed by atoms with Crippen LogP contribution in [0.25, 0.3) is 10.4 Å². The maximum atomic E-state index is 4.10. The van der Waals surface area contributed by atoms with Crippen molar-refractivity contribution in [2.24, 2.45) is 0 Å². The molecule has 0 aliphatic heterocycles. The molecule has 0 amide bonds. The maximum absolute atomic E-state index is 4.10. The van der Waals surface area contributed by atoms with Crippen LogP contribution < -0.4 is 0 Å². The molecule has 0 fully saturated rings. The molecule has 0 saturated carbocycles. The van der Waals surface area contributed by atoms with Gasteiger partial charge in [0.1, 0.15) is 0 Å². The van der Waals surface area contributed by atoms with Crippen LogP contribution in [0.2, 0.25) is 0 Å². The minimum Gasteiger partial charge on any atom is -0.264 e. The highest BCUT2D eigenvalue weighted by Crippen LogP contribution is 2.26. The summed E-state index contributed by atoms with van der Waals surface area (Å²) in [5.74, 6) is 0. The van der Waals surface area contributed by atoms with E-state index in [1.165, 1.54) is 16.0 Å². The number of rotatable bonds is 2. The lowest BCUT2D eigenvalue weighted by atomic mass is 10.2. The maximum Gasteiger partial charge on any atom is 0.0361 e. The molecule has 0 aliphatic rings. The zero-order chi connectivity index (χ0) is 9.10. The second-order valence-corrected chi connectivity index (χ2v) is 3.83. The molecule has 66 valence electrons. The summed E-state index contributed by atoms with van der Waals surface area (Å²) in [5.41, 5.74) is 2.62. The molecule has 0 unspecified atom stereocenters. The molecule has 0 saturated heterocycles. The number of pyridine rings is 1. The van der Waals surface area contributed by atoms with Gasteiger partial charge in [-0.2, -0.15) is 0 Å². The summed E-state index contributed by atoms with van der Waals surface area (Å²) in [6, 6.07) is 6.31. The highest BCUT2D eigenvalue weighted by Gasteiger charge is 2.00. The zero-order valence-corrected chi connectivity index (χ0v) is 8.34. The molecule has 2 rings (SSSR count). The van der Waals surface area contributed by atoms with Crippen LogP contribution in [0.3, 0.4) is 0 Å². The first-order valence-corrected chi connectivity index (χ1v) is 5.26. The number of thiophene rings is 1. The third-order valence-corrected chi connectivity index (χ3v) is 3.04. The van der Waals surface area contributed by atoms with Crippen LogP contribution in [0.5, 0.6) is 0 Å². The van der Waals surface area contributed by atoms with Gasteiger partial charge in [0.05, 0.1) is 0 Å². The van der Waals surface area contributed by atoms with Crippen molar-refractivity contribution < 1.29 is 0 Å². The lowest BCUT2D eigenvalue weighted by molar-refractivity contribution is 1.16. The number of nitrogens with zero attached hydrogens (tertiary/aromatic N) is 1. The fourth-order valence-corrected chi connectivity index (χ4v) is 2.21. The van der Waals surface area contributed by atoms with Crippen molar-refractivity contribution in [2.45, 2.75) is 13.3 Å². The lowest BCUT2D eigenvalue weighted by Crippen LogP contribution is -1.74. The summed E-state index contributed by atoms with van der Waals surface area (Å²) < 4.78 is 0. The molecule has 0 atom stereocenters. The highest BCUT2D eigenvalue weighted by atomic mass is 32.1. The SMILES string of the molecule is CCc1csc(-c2cccnc2)c1. The van der Waals surface area contributed by atoms with Crippen LogP contribution in [0.4, 0.5) is 0 Å².